The summed E-state index contributed by atoms with van der Waals surface area (Å²) in [5.74, 6) is -2.15. The highest BCUT2D eigenvalue weighted by atomic mass is 32.2. The zero-order valence-corrected chi connectivity index (χ0v) is 27.9. The fraction of sp³-hybridized carbons (Fsp3) is 0.258. The molecule has 0 radical (unpaired) electrons. The zero-order valence-electron chi connectivity index (χ0n) is 27.1. The number of hydrogen-bond acceptors (Lipinski definition) is 15. The summed E-state index contributed by atoms with van der Waals surface area (Å²) in [6, 6.07) is 11.4. The van der Waals surface area contributed by atoms with Crippen molar-refractivity contribution in [1.82, 2.24) is 30.2 Å². The summed E-state index contributed by atoms with van der Waals surface area (Å²) in [6.45, 7) is 0.303. The van der Waals surface area contributed by atoms with Crippen LogP contribution in [0.2, 0.25) is 0 Å². The van der Waals surface area contributed by atoms with Gasteiger partial charge in [-0.15, -0.1) is 0 Å². The SMILES string of the molecule is CN(Cc1cnc2nc(N)nc(NC(=O)OCc3ccc(B(O)O)cc3)c2n1)c1ccc(C(=O)NC(CCC(=O)O)C(=O)N2CCSC2=O)cc1. The molecule has 1 aliphatic heterocycles. The maximum atomic E-state index is 13.0. The maximum Gasteiger partial charge on any atom is 0.488 e. The second-order valence-electron chi connectivity index (χ2n) is 11.2. The van der Waals surface area contributed by atoms with Crippen LogP contribution in [0.1, 0.15) is 34.5 Å². The van der Waals surface area contributed by atoms with Crippen LogP contribution in [-0.4, -0.2) is 102 Å². The Balaban J connectivity index is 1.23. The number of carbonyl (C=O) groups is 5. The van der Waals surface area contributed by atoms with Crippen molar-refractivity contribution in [3.8, 4) is 0 Å². The van der Waals surface area contributed by atoms with Gasteiger partial charge in [-0.05, 0) is 41.7 Å². The predicted molar refractivity (Wildman–Crippen MR) is 186 cm³/mol. The average molecular weight is 718 g/mol. The molecule has 5 rings (SSSR count). The highest BCUT2D eigenvalue weighted by Crippen LogP contribution is 2.22. The van der Waals surface area contributed by atoms with E-state index >= 15 is 0 Å². The van der Waals surface area contributed by atoms with Crippen molar-refractivity contribution in [2.45, 2.75) is 32.0 Å². The summed E-state index contributed by atoms with van der Waals surface area (Å²) in [5, 5.41) is 32.2. The molecule has 1 saturated heterocycles. The van der Waals surface area contributed by atoms with Crippen LogP contribution in [0, 0.1) is 0 Å². The van der Waals surface area contributed by atoms with Crippen molar-refractivity contribution in [2.24, 2.45) is 0 Å². The van der Waals surface area contributed by atoms with Gasteiger partial charge in [-0.25, -0.2) is 14.8 Å². The molecule has 2 aromatic carbocycles. The molecule has 0 spiro atoms. The highest BCUT2D eigenvalue weighted by molar-refractivity contribution is 8.13. The van der Waals surface area contributed by atoms with Crippen molar-refractivity contribution in [2.75, 3.05) is 35.3 Å². The minimum Gasteiger partial charge on any atom is -0.481 e. The van der Waals surface area contributed by atoms with Crippen LogP contribution in [0.3, 0.4) is 0 Å². The van der Waals surface area contributed by atoms with E-state index in [1.54, 1.807) is 31.3 Å². The number of aromatic nitrogens is 4. The Morgan fingerprint density at radius 3 is 2.45 bits per heavy atom. The van der Waals surface area contributed by atoms with E-state index in [1.165, 1.54) is 30.5 Å². The number of aliphatic carboxylic acids is 1. The minimum absolute atomic E-state index is 0.0263. The monoisotopic (exact) mass is 717 g/mol. The molecule has 51 heavy (non-hydrogen) atoms. The van der Waals surface area contributed by atoms with Gasteiger partial charge in [0.2, 0.25) is 5.95 Å². The van der Waals surface area contributed by atoms with Crippen LogP contribution in [-0.2, 0) is 27.5 Å². The Labute approximate surface area is 294 Å². The fourth-order valence-electron chi connectivity index (χ4n) is 4.94. The second kappa shape index (κ2) is 16.2. The number of nitrogen functional groups attached to an aromatic ring is 1. The number of thioether (sulfide) groups is 1. The van der Waals surface area contributed by atoms with E-state index in [-0.39, 0.29) is 66.5 Å². The number of nitrogens with zero attached hydrogens (tertiary/aromatic N) is 6. The van der Waals surface area contributed by atoms with Gasteiger partial charge in [0.25, 0.3) is 17.1 Å². The van der Waals surface area contributed by atoms with Gasteiger partial charge in [-0.2, -0.15) is 9.97 Å². The Morgan fingerprint density at radius 2 is 1.80 bits per heavy atom. The summed E-state index contributed by atoms with van der Waals surface area (Å²) in [5.41, 5.74) is 8.36. The van der Waals surface area contributed by atoms with Crippen LogP contribution in [0.25, 0.3) is 11.2 Å². The van der Waals surface area contributed by atoms with Crippen molar-refractivity contribution < 1.29 is 43.9 Å². The molecule has 1 atom stereocenters. The molecule has 18 nitrogen and oxygen atoms in total. The number of ether oxygens (including phenoxy) is 1. The quantitative estimate of drug-likeness (QED) is 0.104. The third-order valence-corrected chi connectivity index (χ3v) is 8.44. The molecule has 7 N–H and O–H groups in total. The molecular weight excluding hydrogens is 685 g/mol. The van der Waals surface area contributed by atoms with E-state index < -0.39 is 42.3 Å². The number of imide groups is 1. The van der Waals surface area contributed by atoms with Gasteiger partial charge in [0, 0.05) is 37.0 Å². The lowest BCUT2D eigenvalue weighted by Gasteiger charge is -2.22. The molecule has 4 amide bonds. The van der Waals surface area contributed by atoms with Crippen LogP contribution in [0.5, 0.6) is 0 Å². The Hall–Kier alpha value is -5.86. The number of amides is 4. The third kappa shape index (κ3) is 9.44. The number of hydrogen-bond donors (Lipinski definition) is 6. The second-order valence-corrected chi connectivity index (χ2v) is 12.3. The van der Waals surface area contributed by atoms with Crippen LogP contribution >= 0.6 is 11.8 Å². The van der Waals surface area contributed by atoms with Crippen molar-refractivity contribution in [1.29, 1.82) is 0 Å². The van der Waals surface area contributed by atoms with Gasteiger partial charge >= 0.3 is 19.2 Å². The first-order valence-corrected chi connectivity index (χ1v) is 16.4. The summed E-state index contributed by atoms with van der Waals surface area (Å²) in [6.07, 6.45) is 0.0870. The van der Waals surface area contributed by atoms with E-state index in [1.807, 2.05) is 4.90 Å². The first kappa shape index (κ1) is 36.4. The molecule has 4 aromatic rings. The Bertz CT molecular complexity index is 1950. The molecule has 0 bridgehead atoms. The molecule has 1 aliphatic rings. The molecule has 264 valence electrons. The summed E-state index contributed by atoms with van der Waals surface area (Å²) < 4.78 is 5.26. The van der Waals surface area contributed by atoms with Gasteiger partial charge < -0.3 is 35.8 Å². The summed E-state index contributed by atoms with van der Waals surface area (Å²) in [7, 11) is 0.159. The molecular formula is C31H32BN9O9S. The summed E-state index contributed by atoms with van der Waals surface area (Å²) >= 11 is 0.981. The smallest absolute Gasteiger partial charge is 0.481 e. The highest BCUT2D eigenvalue weighted by Gasteiger charge is 2.33. The summed E-state index contributed by atoms with van der Waals surface area (Å²) in [4.78, 5) is 81.7. The van der Waals surface area contributed by atoms with Crippen LogP contribution < -0.4 is 26.7 Å². The lowest BCUT2D eigenvalue weighted by atomic mass is 9.80. The molecule has 20 heteroatoms. The van der Waals surface area contributed by atoms with Gasteiger partial charge in [0.05, 0.1) is 18.4 Å². The number of carboxylic acids is 1. The van der Waals surface area contributed by atoms with Crippen LogP contribution in [0.15, 0.2) is 54.7 Å². The van der Waals surface area contributed by atoms with E-state index in [2.05, 4.69) is 30.6 Å². The van der Waals surface area contributed by atoms with Crippen molar-refractivity contribution in [3.63, 3.8) is 0 Å². The van der Waals surface area contributed by atoms with E-state index in [4.69, 9.17) is 15.6 Å². The molecule has 3 heterocycles. The lowest BCUT2D eigenvalue weighted by Crippen LogP contribution is -2.48. The average Bonchev–Trinajstić information content (AvgIpc) is 3.54. The Morgan fingerprint density at radius 1 is 1.08 bits per heavy atom. The number of carbonyl (C=O) groups excluding carboxylic acids is 4. The number of nitrogens with one attached hydrogen (secondary N) is 2. The van der Waals surface area contributed by atoms with Crippen LogP contribution in [0.4, 0.5) is 27.0 Å². The fourth-order valence-corrected chi connectivity index (χ4v) is 5.73. The first-order chi connectivity index (χ1) is 24.4. The zero-order chi connectivity index (χ0) is 36.7. The maximum absolute atomic E-state index is 13.0. The van der Waals surface area contributed by atoms with Crippen molar-refractivity contribution >= 4 is 82.1 Å². The largest absolute Gasteiger partial charge is 0.488 e. The first-order valence-electron chi connectivity index (χ1n) is 15.4. The number of anilines is 3. The lowest BCUT2D eigenvalue weighted by molar-refractivity contribution is -0.137. The van der Waals surface area contributed by atoms with Crippen molar-refractivity contribution in [3.05, 3.63) is 71.5 Å². The number of nitrogens with two attached hydrogens (primary N) is 1. The van der Waals surface area contributed by atoms with Gasteiger partial charge in [-0.1, -0.05) is 36.0 Å². The standard InChI is InChI=1S/C31H32BN9O9S/c1-40(21-8-4-18(5-9-21)27(44)36-22(10-11-23(42)43)28(45)41-12-13-51-31(41)47)15-20-14-34-25-24(35-20)26(38-29(33)37-25)39-30(46)50-16-17-2-6-19(7-3-17)32(48)49/h2-9,14,22,48-49H,10-13,15-16H2,1H3,(H,36,44)(H,42,43)(H3,33,34,37,38,39,46). The van der Waals surface area contributed by atoms with Gasteiger partial charge in [0.1, 0.15) is 12.6 Å². The molecule has 1 fully saturated rings. The van der Waals surface area contributed by atoms with E-state index in [0.717, 1.165) is 16.7 Å². The van der Waals surface area contributed by atoms with Gasteiger partial charge in [0.15, 0.2) is 17.0 Å². The third-order valence-electron chi connectivity index (χ3n) is 7.59. The number of fused-ring (bicyclic) bond motifs is 1. The molecule has 0 saturated carbocycles. The number of rotatable bonds is 13. The number of carboxylic acid groups (broad SMARTS) is 1. The predicted octanol–water partition coefficient (Wildman–Crippen LogP) is 0.726. The molecule has 2 aromatic heterocycles. The Kier molecular flexibility index (Phi) is 11.6. The molecule has 1 unspecified atom stereocenters. The number of benzene rings is 2. The van der Waals surface area contributed by atoms with E-state index in [0.29, 0.717) is 22.7 Å². The normalized spacial score (nSPS) is 13.1. The topological polar surface area (TPSA) is 263 Å². The molecule has 0 aliphatic carbocycles. The minimum atomic E-state index is -1.62. The van der Waals surface area contributed by atoms with E-state index in [9.17, 15) is 34.0 Å². The van der Waals surface area contributed by atoms with Gasteiger partial charge in [-0.3, -0.25) is 29.4 Å².